The summed E-state index contributed by atoms with van der Waals surface area (Å²) in [5.74, 6) is 2.50. The summed E-state index contributed by atoms with van der Waals surface area (Å²) in [5, 5.41) is 0.160. The van der Waals surface area contributed by atoms with Crippen LogP contribution >= 0.6 is 11.6 Å². The fraction of sp³-hybridized carbons (Fsp3) is 0.667. The van der Waals surface area contributed by atoms with Crippen molar-refractivity contribution < 1.29 is 4.74 Å². The number of unbranched alkanes of at least 4 members (excludes halogenated alkanes) is 1. The SMILES string of the molecule is CCCCC1CCC(C(Cl)c2ccc(OC)cc2)CC1. The van der Waals surface area contributed by atoms with Gasteiger partial charge < -0.3 is 4.74 Å². The van der Waals surface area contributed by atoms with E-state index < -0.39 is 0 Å². The van der Waals surface area contributed by atoms with E-state index in [-0.39, 0.29) is 5.38 Å². The van der Waals surface area contributed by atoms with Gasteiger partial charge in [0.1, 0.15) is 5.75 Å². The normalized spacial score (nSPS) is 24.4. The Morgan fingerprint density at radius 1 is 1.15 bits per heavy atom. The van der Waals surface area contributed by atoms with E-state index in [0.29, 0.717) is 5.92 Å². The Balaban J connectivity index is 1.85. The zero-order valence-corrected chi connectivity index (χ0v) is 13.5. The van der Waals surface area contributed by atoms with Crippen molar-refractivity contribution in [2.24, 2.45) is 11.8 Å². The van der Waals surface area contributed by atoms with Gasteiger partial charge in [-0.15, -0.1) is 11.6 Å². The maximum absolute atomic E-state index is 6.69. The van der Waals surface area contributed by atoms with Gasteiger partial charge in [-0.3, -0.25) is 0 Å². The highest BCUT2D eigenvalue weighted by Crippen LogP contribution is 2.41. The lowest BCUT2D eigenvalue weighted by molar-refractivity contribution is 0.254. The Hall–Kier alpha value is -0.690. The van der Waals surface area contributed by atoms with Crippen molar-refractivity contribution in [1.82, 2.24) is 0 Å². The van der Waals surface area contributed by atoms with Gasteiger partial charge in [0, 0.05) is 0 Å². The minimum Gasteiger partial charge on any atom is -0.497 e. The Morgan fingerprint density at radius 3 is 2.35 bits per heavy atom. The predicted octanol–water partition coefficient (Wildman–Crippen LogP) is 5.97. The van der Waals surface area contributed by atoms with Crippen LogP contribution in [0.4, 0.5) is 0 Å². The predicted molar refractivity (Wildman–Crippen MR) is 86.6 cm³/mol. The zero-order valence-electron chi connectivity index (χ0n) is 12.8. The summed E-state index contributed by atoms with van der Waals surface area (Å²) in [6, 6.07) is 8.24. The van der Waals surface area contributed by atoms with Crippen molar-refractivity contribution in [1.29, 1.82) is 0 Å². The number of hydrogen-bond acceptors (Lipinski definition) is 1. The molecule has 0 saturated heterocycles. The molecule has 0 radical (unpaired) electrons. The molecule has 0 aliphatic heterocycles. The van der Waals surface area contributed by atoms with E-state index in [4.69, 9.17) is 16.3 Å². The number of rotatable bonds is 6. The Morgan fingerprint density at radius 2 is 1.80 bits per heavy atom. The van der Waals surface area contributed by atoms with Crippen molar-refractivity contribution in [2.75, 3.05) is 7.11 Å². The molecule has 20 heavy (non-hydrogen) atoms. The van der Waals surface area contributed by atoms with E-state index >= 15 is 0 Å². The average molecular weight is 295 g/mol. The molecule has 0 amide bonds. The molecule has 1 aromatic rings. The summed E-state index contributed by atoms with van der Waals surface area (Å²) >= 11 is 6.69. The topological polar surface area (TPSA) is 9.23 Å². The molecule has 1 nitrogen and oxygen atoms in total. The second kappa shape index (κ2) is 7.93. The molecule has 0 spiro atoms. The maximum atomic E-state index is 6.69. The average Bonchev–Trinajstić information content (AvgIpc) is 2.53. The molecule has 1 aliphatic rings. The van der Waals surface area contributed by atoms with E-state index in [1.807, 2.05) is 12.1 Å². The third kappa shape index (κ3) is 4.15. The zero-order chi connectivity index (χ0) is 14.4. The number of methoxy groups -OCH3 is 1. The number of hydrogen-bond donors (Lipinski definition) is 0. The molecule has 1 unspecified atom stereocenters. The maximum Gasteiger partial charge on any atom is 0.118 e. The van der Waals surface area contributed by atoms with Gasteiger partial charge in [-0.25, -0.2) is 0 Å². The molecular weight excluding hydrogens is 268 g/mol. The molecule has 1 saturated carbocycles. The molecule has 1 aromatic carbocycles. The van der Waals surface area contributed by atoms with E-state index in [1.165, 1.54) is 50.5 Å². The van der Waals surface area contributed by atoms with Crippen LogP contribution in [0.1, 0.15) is 62.8 Å². The van der Waals surface area contributed by atoms with Crippen LogP contribution in [0.5, 0.6) is 5.75 Å². The van der Waals surface area contributed by atoms with Gasteiger partial charge in [-0.05, 0) is 42.4 Å². The third-order valence-electron chi connectivity index (χ3n) is 4.71. The first-order chi connectivity index (χ1) is 9.74. The van der Waals surface area contributed by atoms with Gasteiger partial charge in [0.05, 0.1) is 12.5 Å². The monoisotopic (exact) mass is 294 g/mol. The summed E-state index contributed by atoms with van der Waals surface area (Å²) in [6.07, 6.45) is 9.43. The van der Waals surface area contributed by atoms with Crippen molar-refractivity contribution in [3.05, 3.63) is 29.8 Å². The van der Waals surface area contributed by atoms with Crippen molar-refractivity contribution in [3.63, 3.8) is 0 Å². The van der Waals surface area contributed by atoms with Gasteiger partial charge >= 0.3 is 0 Å². The lowest BCUT2D eigenvalue weighted by atomic mass is 9.77. The van der Waals surface area contributed by atoms with Gasteiger partial charge in [-0.1, -0.05) is 51.2 Å². The molecule has 2 rings (SSSR count). The fourth-order valence-corrected chi connectivity index (χ4v) is 3.72. The second-order valence-corrected chi connectivity index (χ2v) is 6.57. The number of benzene rings is 1. The highest BCUT2D eigenvalue weighted by atomic mass is 35.5. The van der Waals surface area contributed by atoms with Crippen LogP contribution in [0.25, 0.3) is 0 Å². The van der Waals surface area contributed by atoms with Crippen molar-refractivity contribution in [3.8, 4) is 5.75 Å². The minimum atomic E-state index is 0.160. The van der Waals surface area contributed by atoms with E-state index in [0.717, 1.165) is 11.7 Å². The van der Waals surface area contributed by atoms with E-state index in [1.54, 1.807) is 7.11 Å². The van der Waals surface area contributed by atoms with Crippen LogP contribution in [0.3, 0.4) is 0 Å². The van der Waals surface area contributed by atoms with Crippen LogP contribution in [-0.2, 0) is 0 Å². The van der Waals surface area contributed by atoms with Crippen LogP contribution in [-0.4, -0.2) is 7.11 Å². The first kappa shape index (κ1) is 15.7. The Labute approximate surface area is 128 Å². The van der Waals surface area contributed by atoms with Crippen molar-refractivity contribution in [2.45, 2.75) is 57.2 Å². The van der Waals surface area contributed by atoms with Crippen LogP contribution in [0.2, 0.25) is 0 Å². The molecule has 0 aromatic heterocycles. The molecule has 1 fully saturated rings. The van der Waals surface area contributed by atoms with E-state index in [9.17, 15) is 0 Å². The largest absolute Gasteiger partial charge is 0.497 e. The highest BCUT2D eigenvalue weighted by Gasteiger charge is 2.27. The number of halogens is 1. The molecule has 1 aliphatic carbocycles. The molecule has 0 heterocycles. The molecule has 112 valence electrons. The molecule has 2 heteroatoms. The fourth-order valence-electron chi connectivity index (χ4n) is 3.32. The Kier molecular flexibility index (Phi) is 6.22. The second-order valence-electron chi connectivity index (χ2n) is 6.10. The molecular formula is C18H27ClO. The standard InChI is InChI=1S/C18H27ClO/c1-3-4-5-14-6-8-15(9-7-14)18(19)16-10-12-17(20-2)13-11-16/h10-15,18H,3-9H2,1-2H3. The van der Waals surface area contributed by atoms with Crippen LogP contribution < -0.4 is 4.74 Å². The Bertz CT molecular complexity index is 379. The lowest BCUT2D eigenvalue weighted by Gasteiger charge is -2.31. The summed E-state index contributed by atoms with van der Waals surface area (Å²) in [4.78, 5) is 0. The van der Waals surface area contributed by atoms with E-state index in [2.05, 4.69) is 19.1 Å². The summed E-state index contributed by atoms with van der Waals surface area (Å²) < 4.78 is 5.20. The lowest BCUT2D eigenvalue weighted by Crippen LogP contribution is -2.18. The molecule has 1 atom stereocenters. The quantitative estimate of drug-likeness (QED) is 0.587. The van der Waals surface area contributed by atoms with Crippen LogP contribution in [0, 0.1) is 11.8 Å². The molecule has 0 bridgehead atoms. The summed E-state index contributed by atoms with van der Waals surface area (Å²) in [7, 11) is 1.70. The van der Waals surface area contributed by atoms with Gasteiger partial charge in [0.15, 0.2) is 0 Å². The van der Waals surface area contributed by atoms with Gasteiger partial charge in [0.25, 0.3) is 0 Å². The minimum absolute atomic E-state index is 0.160. The number of ether oxygens (including phenoxy) is 1. The summed E-state index contributed by atoms with van der Waals surface area (Å²) in [5.41, 5.74) is 1.24. The van der Waals surface area contributed by atoms with Gasteiger partial charge in [-0.2, -0.15) is 0 Å². The summed E-state index contributed by atoms with van der Waals surface area (Å²) in [6.45, 7) is 2.28. The van der Waals surface area contributed by atoms with Crippen LogP contribution in [0.15, 0.2) is 24.3 Å². The molecule has 0 N–H and O–H groups in total. The van der Waals surface area contributed by atoms with Crippen molar-refractivity contribution >= 4 is 11.6 Å². The smallest absolute Gasteiger partial charge is 0.118 e. The van der Waals surface area contributed by atoms with Gasteiger partial charge in [0.2, 0.25) is 0 Å². The first-order valence-corrected chi connectivity index (χ1v) is 8.46. The number of alkyl halides is 1. The first-order valence-electron chi connectivity index (χ1n) is 8.02. The third-order valence-corrected chi connectivity index (χ3v) is 5.31. The highest BCUT2D eigenvalue weighted by molar-refractivity contribution is 6.21.